The molecule has 0 atom stereocenters. The third-order valence-corrected chi connectivity index (χ3v) is 4.96. The highest BCUT2D eigenvalue weighted by Gasteiger charge is 2.14. The van der Waals surface area contributed by atoms with Crippen LogP contribution >= 0.6 is 11.8 Å². The minimum atomic E-state index is -3.61. The molecule has 0 saturated carbocycles. The molecule has 6 heteroatoms. The molecule has 0 saturated heterocycles. The molecule has 22 heavy (non-hydrogen) atoms. The highest BCUT2D eigenvalue weighted by Crippen LogP contribution is 2.22. The van der Waals surface area contributed by atoms with Crippen molar-refractivity contribution < 1.29 is 13.2 Å². The van der Waals surface area contributed by atoms with Crippen molar-refractivity contribution in [2.24, 2.45) is 0 Å². The fourth-order valence-corrected chi connectivity index (χ4v) is 3.23. The Hall–Kier alpha value is -1.92. The number of hydrogen-bond acceptors (Lipinski definition) is 4. The maximum atomic E-state index is 12.4. The largest absolute Gasteiger partial charge is 0.489 e. The first-order valence-corrected chi connectivity index (χ1v) is 9.26. The van der Waals surface area contributed by atoms with Gasteiger partial charge in [-0.25, -0.2) is 8.42 Å². The number of ether oxygens (including phenoxy) is 1. The van der Waals surface area contributed by atoms with Crippen LogP contribution in [0.4, 0.5) is 5.69 Å². The number of nitrogens with one attached hydrogen (secondary N) is 1. The van der Waals surface area contributed by atoms with Crippen LogP contribution in [0.3, 0.4) is 0 Å². The standard InChI is InChI=1S/C16H17NO3S2/c1-3-11-20-14-6-4-5-13(12-14)17-22(18,19)16-9-7-15(21-2)8-10-16/h3-10,12,17H,1,11H2,2H3. The molecule has 0 aliphatic heterocycles. The van der Waals surface area contributed by atoms with Crippen LogP contribution < -0.4 is 9.46 Å². The summed E-state index contributed by atoms with van der Waals surface area (Å²) in [6.07, 6.45) is 3.57. The molecule has 0 radical (unpaired) electrons. The fraction of sp³-hybridized carbons (Fsp3) is 0.125. The van der Waals surface area contributed by atoms with Crippen molar-refractivity contribution in [3.05, 3.63) is 61.2 Å². The van der Waals surface area contributed by atoms with E-state index in [-0.39, 0.29) is 4.90 Å². The molecule has 0 bridgehead atoms. The second kappa shape index (κ2) is 7.38. The third-order valence-electron chi connectivity index (χ3n) is 2.82. The molecule has 116 valence electrons. The van der Waals surface area contributed by atoms with Gasteiger partial charge in [-0.15, -0.1) is 11.8 Å². The molecule has 0 amide bonds. The Bertz CT molecular complexity index is 740. The number of hydrogen-bond donors (Lipinski definition) is 1. The van der Waals surface area contributed by atoms with E-state index < -0.39 is 10.0 Å². The first-order valence-electron chi connectivity index (χ1n) is 6.56. The van der Waals surface area contributed by atoms with Gasteiger partial charge in [-0.3, -0.25) is 4.72 Å². The van der Waals surface area contributed by atoms with E-state index in [0.29, 0.717) is 18.0 Å². The Kier molecular flexibility index (Phi) is 5.51. The molecule has 2 aromatic carbocycles. The number of thioether (sulfide) groups is 1. The van der Waals surface area contributed by atoms with Gasteiger partial charge in [0, 0.05) is 11.0 Å². The van der Waals surface area contributed by atoms with Crippen molar-refractivity contribution in [1.82, 2.24) is 0 Å². The first kappa shape index (κ1) is 16.5. The van der Waals surface area contributed by atoms with E-state index in [4.69, 9.17) is 4.74 Å². The van der Waals surface area contributed by atoms with Gasteiger partial charge in [0.1, 0.15) is 12.4 Å². The molecular formula is C16H17NO3S2. The highest BCUT2D eigenvalue weighted by atomic mass is 32.2. The summed E-state index contributed by atoms with van der Waals surface area (Å²) in [6, 6.07) is 13.5. The van der Waals surface area contributed by atoms with Gasteiger partial charge in [-0.05, 0) is 42.7 Å². The van der Waals surface area contributed by atoms with Crippen molar-refractivity contribution in [2.75, 3.05) is 17.6 Å². The predicted molar refractivity (Wildman–Crippen MR) is 91.2 cm³/mol. The second-order valence-corrected chi connectivity index (χ2v) is 6.97. The van der Waals surface area contributed by atoms with Gasteiger partial charge in [0.05, 0.1) is 10.6 Å². The Morgan fingerprint density at radius 3 is 2.59 bits per heavy atom. The van der Waals surface area contributed by atoms with Crippen molar-refractivity contribution in [3.63, 3.8) is 0 Å². The summed E-state index contributed by atoms with van der Waals surface area (Å²) in [5.41, 5.74) is 0.454. The van der Waals surface area contributed by atoms with Crippen LogP contribution in [0.5, 0.6) is 5.75 Å². The lowest BCUT2D eigenvalue weighted by molar-refractivity contribution is 0.363. The number of sulfonamides is 1. The molecular weight excluding hydrogens is 318 g/mol. The van der Waals surface area contributed by atoms with Crippen LogP contribution in [0.1, 0.15) is 0 Å². The average Bonchev–Trinajstić information content (AvgIpc) is 2.53. The molecule has 0 fully saturated rings. The van der Waals surface area contributed by atoms with Crippen LogP contribution in [0.15, 0.2) is 71.0 Å². The van der Waals surface area contributed by atoms with Crippen LogP contribution in [-0.4, -0.2) is 21.3 Å². The molecule has 2 aromatic rings. The van der Waals surface area contributed by atoms with E-state index in [1.807, 2.05) is 6.26 Å². The molecule has 0 aliphatic carbocycles. The van der Waals surface area contributed by atoms with E-state index in [2.05, 4.69) is 11.3 Å². The number of rotatable bonds is 7. The lowest BCUT2D eigenvalue weighted by Crippen LogP contribution is -2.12. The molecule has 0 unspecified atom stereocenters. The highest BCUT2D eigenvalue weighted by molar-refractivity contribution is 7.98. The summed E-state index contributed by atoms with van der Waals surface area (Å²) < 4.78 is 32.6. The zero-order valence-electron chi connectivity index (χ0n) is 12.2. The predicted octanol–water partition coefficient (Wildman–Crippen LogP) is 3.77. The van der Waals surface area contributed by atoms with E-state index in [0.717, 1.165) is 4.90 Å². The molecule has 0 aromatic heterocycles. The van der Waals surface area contributed by atoms with E-state index in [9.17, 15) is 8.42 Å². The van der Waals surface area contributed by atoms with Crippen LogP contribution in [0.2, 0.25) is 0 Å². The maximum absolute atomic E-state index is 12.4. The minimum Gasteiger partial charge on any atom is -0.489 e. The summed E-state index contributed by atoms with van der Waals surface area (Å²) >= 11 is 1.56. The van der Waals surface area contributed by atoms with Gasteiger partial charge in [-0.2, -0.15) is 0 Å². The normalized spacial score (nSPS) is 11.0. The SMILES string of the molecule is C=CCOc1cccc(NS(=O)(=O)c2ccc(SC)cc2)c1. The summed E-state index contributed by atoms with van der Waals surface area (Å²) in [5.74, 6) is 0.581. The Morgan fingerprint density at radius 2 is 1.95 bits per heavy atom. The zero-order chi connectivity index (χ0) is 16.0. The topological polar surface area (TPSA) is 55.4 Å². The Morgan fingerprint density at radius 1 is 1.23 bits per heavy atom. The minimum absolute atomic E-state index is 0.225. The fourth-order valence-electron chi connectivity index (χ4n) is 1.77. The van der Waals surface area contributed by atoms with Crippen molar-refractivity contribution in [1.29, 1.82) is 0 Å². The van der Waals surface area contributed by atoms with E-state index >= 15 is 0 Å². The third kappa shape index (κ3) is 4.29. The first-order chi connectivity index (χ1) is 10.5. The van der Waals surface area contributed by atoms with Crippen LogP contribution in [0.25, 0.3) is 0 Å². The van der Waals surface area contributed by atoms with Gasteiger partial charge >= 0.3 is 0 Å². The number of benzene rings is 2. The number of anilines is 1. The van der Waals surface area contributed by atoms with Gasteiger partial charge in [0.25, 0.3) is 10.0 Å². The van der Waals surface area contributed by atoms with Gasteiger partial charge in [-0.1, -0.05) is 18.7 Å². The molecule has 4 nitrogen and oxygen atoms in total. The van der Waals surface area contributed by atoms with Crippen molar-refractivity contribution in [2.45, 2.75) is 9.79 Å². The Balaban J connectivity index is 2.18. The second-order valence-electron chi connectivity index (χ2n) is 4.41. The summed E-state index contributed by atoms with van der Waals surface area (Å²) in [6.45, 7) is 3.94. The maximum Gasteiger partial charge on any atom is 0.261 e. The van der Waals surface area contributed by atoms with Gasteiger partial charge < -0.3 is 4.74 Å². The van der Waals surface area contributed by atoms with Crippen molar-refractivity contribution in [3.8, 4) is 5.75 Å². The van der Waals surface area contributed by atoms with Crippen molar-refractivity contribution >= 4 is 27.5 Å². The lowest BCUT2D eigenvalue weighted by atomic mass is 10.3. The molecule has 1 N–H and O–H groups in total. The summed E-state index contributed by atoms with van der Waals surface area (Å²) in [7, 11) is -3.61. The molecule has 0 aliphatic rings. The van der Waals surface area contributed by atoms with Gasteiger partial charge in [0.15, 0.2) is 0 Å². The summed E-state index contributed by atoms with van der Waals surface area (Å²) in [5, 5.41) is 0. The quantitative estimate of drug-likeness (QED) is 0.618. The lowest BCUT2D eigenvalue weighted by Gasteiger charge is -2.10. The monoisotopic (exact) mass is 335 g/mol. The van der Waals surface area contributed by atoms with Crippen LogP contribution in [0, 0.1) is 0 Å². The summed E-state index contributed by atoms with van der Waals surface area (Å²) in [4.78, 5) is 1.24. The van der Waals surface area contributed by atoms with Crippen LogP contribution in [-0.2, 0) is 10.0 Å². The Labute approximate surface area is 135 Å². The molecule has 2 rings (SSSR count). The molecule has 0 spiro atoms. The van der Waals surface area contributed by atoms with E-state index in [1.165, 1.54) is 0 Å². The smallest absolute Gasteiger partial charge is 0.261 e. The zero-order valence-corrected chi connectivity index (χ0v) is 13.8. The van der Waals surface area contributed by atoms with Gasteiger partial charge in [0.2, 0.25) is 0 Å². The van der Waals surface area contributed by atoms with E-state index in [1.54, 1.807) is 66.4 Å². The molecule has 0 heterocycles. The average molecular weight is 335 g/mol.